The minimum absolute atomic E-state index is 0.228. The summed E-state index contributed by atoms with van der Waals surface area (Å²) >= 11 is 0. The van der Waals surface area contributed by atoms with Gasteiger partial charge in [0, 0.05) is 30.6 Å². The van der Waals surface area contributed by atoms with Crippen LogP contribution in [-0.2, 0) is 11.8 Å². The third-order valence-electron chi connectivity index (χ3n) is 2.43. The Morgan fingerprint density at radius 3 is 2.74 bits per heavy atom. The van der Waals surface area contributed by atoms with E-state index in [4.69, 9.17) is 5.26 Å². The number of benzene rings is 1. The van der Waals surface area contributed by atoms with Crippen LogP contribution in [0.1, 0.15) is 11.1 Å². The molecule has 1 aromatic carbocycles. The molecule has 1 N–H and O–H groups in total. The van der Waals surface area contributed by atoms with Crippen molar-refractivity contribution in [1.29, 1.82) is 5.26 Å². The number of amides is 1. The average Bonchev–Trinajstić information content (AvgIpc) is 2.83. The molecule has 0 saturated carbocycles. The number of rotatable bonds is 3. The molecule has 1 aromatic heterocycles. The summed E-state index contributed by atoms with van der Waals surface area (Å²) in [6, 6.07) is 8.70. The third-order valence-corrected chi connectivity index (χ3v) is 2.43. The molecule has 1 amide bonds. The van der Waals surface area contributed by atoms with Gasteiger partial charge in [-0.05, 0) is 30.3 Å². The van der Waals surface area contributed by atoms with Crippen molar-refractivity contribution in [3.05, 3.63) is 53.9 Å². The molecule has 0 aliphatic heterocycles. The van der Waals surface area contributed by atoms with Crippen molar-refractivity contribution >= 4 is 17.7 Å². The Bertz CT molecular complexity index is 647. The maximum Gasteiger partial charge on any atom is 0.248 e. The highest BCUT2D eigenvalue weighted by molar-refractivity contribution is 6.01. The van der Waals surface area contributed by atoms with Crippen molar-refractivity contribution < 1.29 is 4.79 Å². The molecule has 0 aliphatic rings. The van der Waals surface area contributed by atoms with Gasteiger partial charge in [0.2, 0.25) is 5.91 Å². The number of aromatic nitrogens is 2. The van der Waals surface area contributed by atoms with Crippen LogP contribution in [0.25, 0.3) is 6.08 Å². The molecule has 1 heterocycles. The lowest BCUT2D eigenvalue weighted by Crippen LogP contribution is -2.07. The first-order valence-electron chi connectivity index (χ1n) is 5.65. The Morgan fingerprint density at radius 1 is 1.42 bits per heavy atom. The van der Waals surface area contributed by atoms with Crippen LogP contribution < -0.4 is 5.32 Å². The van der Waals surface area contributed by atoms with Crippen LogP contribution in [-0.4, -0.2) is 15.7 Å². The number of carbonyl (C=O) groups is 1. The van der Waals surface area contributed by atoms with Gasteiger partial charge in [-0.15, -0.1) is 0 Å². The summed E-state index contributed by atoms with van der Waals surface area (Å²) in [4.78, 5) is 11.7. The van der Waals surface area contributed by atoms with Gasteiger partial charge in [0.25, 0.3) is 0 Å². The van der Waals surface area contributed by atoms with Crippen LogP contribution in [0.15, 0.2) is 42.7 Å². The first-order chi connectivity index (χ1) is 9.17. The van der Waals surface area contributed by atoms with Crippen molar-refractivity contribution in [2.45, 2.75) is 0 Å². The Labute approximate surface area is 110 Å². The number of carbonyl (C=O) groups excluding carboxylic acids is 1. The number of aryl methyl sites for hydroxylation is 1. The predicted molar refractivity (Wildman–Crippen MR) is 72.0 cm³/mol. The molecule has 0 radical (unpaired) electrons. The Kier molecular flexibility index (Phi) is 3.74. The molecule has 5 heteroatoms. The van der Waals surface area contributed by atoms with E-state index in [-0.39, 0.29) is 5.91 Å². The van der Waals surface area contributed by atoms with Crippen LogP contribution >= 0.6 is 0 Å². The van der Waals surface area contributed by atoms with Gasteiger partial charge in [0.1, 0.15) is 0 Å². The van der Waals surface area contributed by atoms with Crippen molar-refractivity contribution in [3.8, 4) is 6.07 Å². The number of hydrogen-bond donors (Lipinski definition) is 1. The van der Waals surface area contributed by atoms with E-state index < -0.39 is 0 Å². The Hall–Kier alpha value is -2.87. The molecular formula is C14H12N4O. The second-order valence-corrected chi connectivity index (χ2v) is 3.96. The number of hydrogen-bond acceptors (Lipinski definition) is 3. The van der Waals surface area contributed by atoms with E-state index >= 15 is 0 Å². The summed E-state index contributed by atoms with van der Waals surface area (Å²) in [5.41, 5.74) is 2.07. The Morgan fingerprint density at radius 2 is 2.16 bits per heavy atom. The normalized spacial score (nSPS) is 10.3. The molecule has 0 saturated heterocycles. The highest BCUT2D eigenvalue weighted by Crippen LogP contribution is 2.09. The summed E-state index contributed by atoms with van der Waals surface area (Å²) < 4.78 is 1.66. The standard InChI is InChI=1S/C14H12N4O/c1-18-10-12(9-16-18)4-7-14(19)17-13-5-2-11(8-15)3-6-13/h2-7,9-10H,1H3,(H,17,19)/b7-4+. The lowest BCUT2D eigenvalue weighted by molar-refractivity contribution is -0.111. The minimum Gasteiger partial charge on any atom is -0.323 e. The first-order valence-corrected chi connectivity index (χ1v) is 5.65. The summed E-state index contributed by atoms with van der Waals surface area (Å²) in [5, 5.41) is 15.4. The van der Waals surface area contributed by atoms with Gasteiger partial charge in [0.15, 0.2) is 0 Å². The van der Waals surface area contributed by atoms with Gasteiger partial charge in [-0.25, -0.2) is 0 Å². The maximum atomic E-state index is 11.7. The SMILES string of the molecule is Cn1cc(/C=C/C(=O)Nc2ccc(C#N)cc2)cn1. The lowest BCUT2D eigenvalue weighted by atomic mass is 10.2. The van der Waals surface area contributed by atoms with Crippen molar-refractivity contribution in [2.75, 3.05) is 5.32 Å². The molecule has 0 fully saturated rings. The highest BCUT2D eigenvalue weighted by Gasteiger charge is 1.98. The maximum absolute atomic E-state index is 11.7. The number of nitriles is 1. The highest BCUT2D eigenvalue weighted by atomic mass is 16.1. The molecular weight excluding hydrogens is 240 g/mol. The summed E-state index contributed by atoms with van der Waals surface area (Å²) in [6.45, 7) is 0. The third kappa shape index (κ3) is 3.54. The number of nitrogens with one attached hydrogen (secondary N) is 1. The zero-order valence-electron chi connectivity index (χ0n) is 10.4. The van der Waals surface area contributed by atoms with Crippen molar-refractivity contribution in [3.63, 3.8) is 0 Å². The molecule has 0 atom stereocenters. The lowest BCUT2D eigenvalue weighted by Gasteiger charge is -2.01. The monoisotopic (exact) mass is 252 g/mol. The molecule has 0 spiro atoms. The predicted octanol–water partition coefficient (Wildman–Crippen LogP) is 1.94. The summed E-state index contributed by atoms with van der Waals surface area (Å²) in [6.07, 6.45) is 6.61. The largest absolute Gasteiger partial charge is 0.323 e. The van der Waals surface area contributed by atoms with Gasteiger partial charge in [-0.2, -0.15) is 10.4 Å². The van der Waals surface area contributed by atoms with Gasteiger partial charge in [-0.3, -0.25) is 9.48 Å². The van der Waals surface area contributed by atoms with Gasteiger partial charge in [-0.1, -0.05) is 0 Å². The van der Waals surface area contributed by atoms with E-state index in [1.54, 1.807) is 41.2 Å². The number of anilines is 1. The molecule has 2 aromatic rings. The van der Waals surface area contributed by atoms with Crippen LogP contribution in [0.2, 0.25) is 0 Å². The molecule has 2 rings (SSSR count). The summed E-state index contributed by atoms with van der Waals surface area (Å²) in [5.74, 6) is -0.228. The summed E-state index contributed by atoms with van der Waals surface area (Å²) in [7, 11) is 1.81. The quantitative estimate of drug-likeness (QED) is 0.848. The van der Waals surface area contributed by atoms with E-state index in [0.29, 0.717) is 11.3 Å². The molecule has 19 heavy (non-hydrogen) atoms. The second-order valence-electron chi connectivity index (χ2n) is 3.96. The fourth-order valence-corrected chi connectivity index (χ4v) is 1.51. The van der Waals surface area contributed by atoms with E-state index in [9.17, 15) is 4.79 Å². The van der Waals surface area contributed by atoms with Crippen LogP contribution in [0, 0.1) is 11.3 Å². The fourth-order valence-electron chi connectivity index (χ4n) is 1.51. The van der Waals surface area contributed by atoms with Crippen LogP contribution in [0.4, 0.5) is 5.69 Å². The molecule has 0 bridgehead atoms. The topological polar surface area (TPSA) is 70.7 Å². The van der Waals surface area contributed by atoms with Gasteiger partial charge < -0.3 is 5.32 Å². The fraction of sp³-hybridized carbons (Fsp3) is 0.0714. The second kappa shape index (κ2) is 5.65. The van der Waals surface area contributed by atoms with E-state index in [1.165, 1.54) is 6.08 Å². The Balaban J connectivity index is 1.97. The van der Waals surface area contributed by atoms with E-state index in [0.717, 1.165) is 5.56 Å². The average molecular weight is 252 g/mol. The molecule has 0 aliphatic carbocycles. The van der Waals surface area contributed by atoms with E-state index in [1.807, 2.05) is 19.3 Å². The smallest absolute Gasteiger partial charge is 0.248 e. The zero-order chi connectivity index (χ0) is 13.7. The molecule has 5 nitrogen and oxygen atoms in total. The number of nitrogens with zero attached hydrogens (tertiary/aromatic N) is 3. The minimum atomic E-state index is -0.228. The van der Waals surface area contributed by atoms with Crippen LogP contribution in [0.5, 0.6) is 0 Å². The van der Waals surface area contributed by atoms with Crippen molar-refractivity contribution in [2.24, 2.45) is 7.05 Å². The van der Waals surface area contributed by atoms with Crippen molar-refractivity contribution in [1.82, 2.24) is 9.78 Å². The zero-order valence-corrected chi connectivity index (χ0v) is 10.4. The van der Waals surface area contributed by atoms with Crippen LogP contribution in [0.3, 0.4) is 0 Å². The molecule has 0 unspecified atom stereocenters. The molecule has 94 valence electrons. The van der Waals surface area contributed by atoms with Gasteiger partial charge >= 0.3 is 0 Å². The first kappa shape index (κ1) is 12.6. The van der Waals surface area contributed by atoms with Gasteiger partial charge in [0.05, 0.1) is 17.8 Å². The van der Waals surface area contributed by atoms with E-state index in [2.05, 4.69) is 10.4 Å².